The highest BCUT2D eigenvalue weighted by atomic mass is 16.8. The first-order chi connectivity index (χ1) is 6.97. The zero-order chi connectivity index (χ0) is 11.5. The molecular formula is C9H11NO5. The van der Waals surface area contributed by atoms with Crippen LogP contribution in [0.2, 0.25) is 0 Å². The molecule has 0 unspecified atom stereocenters. The number of nitrogens with zero attached hydrogens (tertiary/aromatic N) is 1. The molecule has 0 saturated carbocycles. The fourth-order valence-corrected chi connectivity index (χ4v) is 1.11. The lowest BCUT2D eigenvalue weighted by Gasteiger charge is -2.26. The molecule has 0 heterocycles. The van der Waals surface area contributed by atoms with E-state index in [0.717, 1.165) is 0 Å². The summed E-state index contributed by atoms with van der Waals surface area (Å²) in [6.07, 6.45) is -0.434. The normalized spacial score (nSPS) is 14.9. The van der Waals surface area contributed by atoms with Gasteiger partial charge in [0.2, 0.25) is 0 Å². The van der Waals surface area contributed by atoms with Gasteiger partial charge >= 0.3 is 5.97 Å². The highest BCUT2D eigenvalue weighted by molar-refractivity contribution is 5.76. The number of carboxylic acids is 1. The molecule has 0 amide bonds. The van der Waals surface area contributed by atoms with Crippen LogP contribution in [0.5, 0.6) is 0 Å². The number of hydrogen-bond acceptors (Lipinski definition) is 5. The average molecular weight is 213 g/mol. The van der Waals surface area contributed by atoms with Crippen molar-refractivity contribution in [3.63, 3.8) is 0 Å². The number of hydroxylamine groups is 2. The van der Waals surface area contributed by atoms with Gasteiger partial charge < -0.3 is 10.2 Å². The van der Waals surface area contributed by atoms with Gasteiger partial charge in [-0.3, -0.25) is 10.4 Å². The van der Waals surface area contributed by atoms with E-state index < -0.39 is 23.3 Å². The molecule has 0 saturated heterocycles. The predicted molar refractivity (Wildman–Crippen MR) is 48.1 cm³/mol. The molecule has 1 aromatic carbocycles. The van der Waals surface area contributed by atoms with Crippen molar-refractivity contribution in [3.8, 4) is 0 Å². The fraction of sp³-hybridized carbons (Fsp3) is 0.222. The van der Waals surface area contributed by atoms with Crippen LogP contribution in [0.3, 0.4) is 0 Å². The predicted octanol–water partition coefficient (Wildman–Crippen LogP) is 0.0827. The molecule has 0 aliphatic rings. The Labute approximate surface area is 85.5 Å². The van der Waals surface area contributed by atoms with Crippen molar-refractivity contribution in [2.75, 3.05) is 0 Å². The summed E-state index contributed by atoms with van der Waals surface area (Å²) in [5.74, 6) is -1.74. The highest BCUT2D eigenvalue weighted by Crippen LogP contribution is 2.15. The maximum absolute atomic E-state index is 10.7. The van der Waals surface area contributed by atoms with E-state index in [1.807, 2.05) is 0 Å². The standard InChI is InChI=1S/C9H11NO5/c11-8(12)9(13,10(14)15)6-7-4-2-1-3-5-7/h1-5,13-15H,6H2,(H,11,12)/t9-/m1/s1. The zero-order valence-corrected chi connectivity index (χ0v) is 7.74. The van der Waals surface area contributed by atoms with Crippen molar-refractivity contribution >= 4 is 5.97 Å². The van der Waals surface area contributed by atoms with E-state index in [1.165, 1.54) is 0 Å². The molecule has 0 aliphatic heterocycles. The first kappa shape index (κ1) is 11.6. The van der Waals surface area contributed by atoms with Crippen LogP contribution in [-0.2, 0) is 11.2 Å². The van der Waals surface area contributed by atoms with Crippen molar-refractivity contribution in [1.29, 1.82) is 0 Å². The molecule has 0 aliphatic carbocycles. The Kier molecular flexibility index (Phi) is 3.38. The van der Waals surface area contributed by atoms with Crippen LogP contribution in [0.4, 0.5) is 0 Å². The van der Waals surface area contributed by atoms with Crippen LogP contribution in [0.25, 0.3) is 0 Å². The van der Waals surface area contributed by atoms with Gasteiger partial charge in [-0.15, -0.1) is 0 Å². The lowest BCUT2D eigenvalue weighted by molar-refractivity contribution is -0.402. The van der Waals surface area contributed by atoms with Crippen LogP contribution >= 0.6 is 0 Å². The maximum Gasteiger partial charge on any atom is 0.356 e. The maximum atomic E-state index is 10.7. The Morgan fingerprint density at radius 2 is 1.80 bits per heavy atom. The van der Waals surface area contributed by atoms with Crippen molar-refractivity contribution in [2.24, 2.45) is 0 Å². The lowest BCUT2D eigenvalue weighted by atomic mass is 10.0. The smallest absolute Gasteiger partial charge is 0.356 e. The van der Waals surface area contributed by atoms with Gasteiger partial charge in [0.1, 0.15) is 0 Å². The largest absolute Gasteiger partial charge is 0.478 e. The van der Waals surface area contributed by atoms with Crippen LogP contribution < -0.4 is 0 Å². The van der Waals surface area contributed by atoms with E-state index in [1.54, 1.807) is 30.3 Å². The van der Waals surface area contributed by atoms with Crippen LogP contribution in [0, 0.1) is 0 Å². The minimum atomic E-state index is -2.73. The molecule has 6 heteroatoms. The Morgan fingerprint density at radius 3 is 2.20 bits per heavy atom. The van der Waals surface area contributed by atoms with Gasteiger partial charge in [-0.1, -0.05) is 30.3 Å². The Hall–Kier alpha value is -1.47. The summed E-state index contributed by atoms with van der Waals surface area (Å²) in [6.45, 7) is 0. The number of aliphatic hydroxyl groups is 1. The number of aliphatic carboxylic acids is 1. The van der Waals surface area contributed by atoms with Crippen molar-refractivity contribution in [1.82, 2.24) is 5.23 Å². The van der Waals surface area contributed by atoms with Crippen molar-refractivity contribution < 1.29 is 25.4 Å². The van der Waals surface area contributed by atoms with Gasteiger partial charge in [0, 0.05) is 6.42 Å². The van der Waals surface area contributed by atoms with E-state index in [0.29, 0.717) is 5.56 Å². The summed E-state index contributed by atoms with van der Waals surface area (Å²) in [6, 6.07) is 8.15. The monoisotopic (exact) mass is 213 g/mol. The first-order valence-electron chi connectivity index (χ1n) is 4.14. The minimum Gasteiger partial charge on any atom is -0.478 e. The number of carbonyl (C=O) groups is 1. The summed E-state index contributed by atoms with van der Waals surface area (Å²) in [5.41, 5.74) is -2.27. The molecule has 0 spiro atoms. The second kappa shape index (κ2) is 4.37. The van der Waals surface area contributed by atoms with Gasteiger partial charge in [0.15, 0.2) is 0 Å². The third-order valence-corrected chi connectivity index (χ3v) is 1.97. The number of carboxylic acid groups (broad SMARTS) is 1. The van der Waals surface area contributed by atoms with Gasteiger partial charge in [-0.05, 0) is 10.8 Å². The summed E-state index contributed by atoms with van der Waals surface area (Å²) in [5, 5.41) is 34.7. The molecule has 0 fully saturated rings. The topological polar surface area (TPSA) is 101 Å². The van der Waals surface area contributed by atoms with E-state index in [-0.39, 0.29) is 0 Å². The summed E-state index contributed by atoms with van der Waals surface area (Å²) in [7, 11) is 0. The fourth-order valence-electron chi connectivity index (χ4n) is 1.11. The molecule has 0 bridgehead atoms. The molecule has 6 nitrogen and oxygen atoms in total. The first-order valence-corrected chi connectivity index (χ1v) is 4.14. The second-order valence-electron chi connectivity index (χ2n) is 3.07. The quantitative estimate of drug-likeness (QED) is 0.417. The van der Waals surface area contributed by atoms with E-state index in [9.17, 15) is 9.90 Å². The number of benzene rings is 1. The van der Waals surface area contributed by atoms with Gasteiger partial charge in [0.25, 0.3) is 5.72 Å². The second-order valence-corrected chi connectivity index (χ2v) is 3.07. The van der Waals surface area contributed by atoms with Crippen molar-refractivity contribution in [3.05, 3.63) is 35.9 Å². The van der Waals surface area contributed by atoms with Crippen LogP contribution in [0.15, 0.2) is 30.3 Å². The van der Waals surface area contributed by atoms with E-state index in [4.69, 9.17) is 15.5 Å². The van der Waals surface area contributed by atoms with Gasteiger partial charge in [0.05, 0.1) is 0 Å². The van der Waals surface area contributed by atoms with Crippen LogP contribution in [-0.4, -0.2) is 37.5 Å². The Morgan fingerprint density at radius 1 is 1.27 bits per heavy atom. The SMILES string of the molecule is O=C(O)[C@](O)(Cc1ccccc1)N(O)O. The van der Waals surface area contributed by atoms with E-state index >= 15 is 0 Å². The molecule has 0 aromatic heterocycles. The molecule has 15 heavy (non-hydrogen) atoms. The van der Waals surface area contributed by atoms with Crippen LogP contribution in [0.1, 0.15) is 5.56 Å². The lowest BCUT2D eigenvalue weighted by Crippen LogP contribution is -2.53. The summed E-state index contributed by atoms with van der Waals surface area (Å²) >= 11 is 0. The summed E-state index contributed by atoms with van der Waals surface area (Å²) < 4.78 is 0. The minimum absolute atomic E-state index is 0.434. The highest BCUT2D eigenvalue weighted by Gasteiger charge is 2.42. The average Bonchev–Trinajstić information content (AvgIpc) is 2.18. The third kappa shape index (κ3) is 2.51. The Bertz CT molecular complexity index is 340. The van der Waals surface area contributed by atoms with Gasteiger partial charge in [-0.2, -0.15) is 0 Å². The molecule has 1 aromatic rings. The zero-order valence-electron chi connectivity index (χ0n) is 7.74. The summed E-state index contributed by atoms with van der Waals surface area (Å²) in [4.78, 5) is 10.7. The van der Waals surface area contributed by atoms with Crippen molar-refractivity contribution in [2.45, 2.75) is 12.1 Å². The molecule has 1 atom stereocenters. The Balaban J connectivity index is 2.90. The molecule has 82 valence electrons. The third-order valence-electron chi connectivity index (χ3n) is 1.97. The molecule has 4 N–H and O–H groups in total. The number of rotatable bonds is 4. The molecule has 1 rings (SSSR count). The van der Waals surface area contributed by atoms with E-state index in [2.05, 4.69) is 0 Å². The molecular weight excluding hydrogens is 202 g/mol. The van der Waals surface area contributed by atoms with Gasteiger partial charge in [-0.25, -0.2) is 4.79 Å². The number of hydrogen-bond donors (Lipinski definition) is 4. The molecule has 0 radical (unpaired) electrons.